The molecule has 23 heavy (non-hydrogen) atoms. The number of likely N-dealkylation sites (tertiary alicyclic amines) is 2. The molecule has 0 aromatic carbocycles. The maximum absolute atomic E-state index is 10.4. The number of piperidine rings is 2. The Kier molecular flexibility index (Phi) is 5.09. The van der Waals surface area contributed by atoms with E-state index in [1.165, 1.54) is 32.4 Å². The molecule has 1 unspecified atom stereocenters. The van der Waals surface area contributed by atoms with Crippen LogP contribution in [0.3, 0.4) is 0 Å². The second-order valence-corrected chi connectivity index (χ2v) is 9.09. The zero-order valence-electron chi connectivity index (χ0n) is 15.4. The maximum Gasteiger partial charge on any atom is 0.0734 e. The van der Waals surface area contributed by atoms with Gasteiger partial charge >= 0.3 is 0 Å². The van der Waals surface area contributed by atoms with E-state index in [9.17, 15) is 5.11 Å². The Morgan fingerprint density at radius 2 is 1.65 bits per heavy atom. The summed E-state index contributed by atoms with van der Waals surface area (Å²) in [6, 6.07) is 0. The smallest absolute Gasteiger partial charge is 0.0734 e. The van der Waals surface area contributed by atoms with E-state index in [4.69, 9.17) is 4.74 Å². The van der Waals surface area contributed by atoms with E-state index in [2.05, 4.69) is 23.6 Å². The Morgan fingerprint density at radius 1 is 1.00 bits per heavy atom. The number of aliphatic hydroxyl groups is 1. The third-order valence-electron chi connectivity index (χ3n) is 6.34. The summed E-state index contributed by atoms with van der Waals surface area (Å²) in [6.45, 7) is 13.4. The second-order valence-electron chi connectivity index (χ2n) is 9.09. The van der Waals surface area contributed by atoms with Gasteiger partial charge in [0.2, 0.25) is 0 Å². The van der Waals surface area contributed by atoms with Gasteiger partial charge in [0.25, 0.3) is 0 Å². The molecule has 3 aliphatic rings. The lowest BCUT2D eigenvalue weighted by Gasteiger charge is -2.50. The van der Waals surface area contributed by atoms with E-state index in [1.54, 1.807) is 0 Å². The molecule has 1 N–H and O–H groups in total. The molecule has 1 atom stereocenters. The number of rotatable bonds is 3. The fourth-order valence-corrected chi connectivity index (χ4v) is 4.91. The summed E-state index contributed by atoms with van der Waals surface area (Å²) < 4.78 is 6.14. The van der Waals surface area contributed by atoms with E-state index >= 15 is 0 Å². The SMILES string of the molecule is CC1(O)CCOC2(CCN(CC(C)(C)N3CCCCC3)CC2)C1. The molecule has 0 radical (unpaired) electrons. The van der Waals surface area contributed by atoms with Crippen LogP contribution in [0.15, 0.2) is 0 Å². The minimum atomic E-state index is -0.534. The molecule has 3 heterocycles. The summed E-state index contributed by atoms with van der Waals surface area (Å²) >= 11 is 0. The first-order chi connectivity index (χ1) is 10.8. The van der Waals surface area contributed by atoms with E-state index in [-0.39, 0.29) is 11.1 Å². The molecule has 0 aromatic rings. The van der Waals surface area contributed by atoms with Crippen molar-refractivity contribution in [3.05, 3.63) is 0 Å². The summed E-state index contributed by atoms with van der Waals surface area (Å²) in [7, 11) is 0. The van der Waals surface area contributed by atoms with Crippen LogP contribution < -0.4 is 0 Å². The van der Waals surface area contributed by atoms with Crippen molar-refractivity contribution in [2.45, 2.75) is 82.5 Å². The van der Waals surface area contributed by atoms with Gasteiger partial charge in [0, 0.05) is 31.6 Å². The summed E-state index contributed by atoms with van der Waals surface area (Å²) in [5, 5.41) is 10.4. The molecule has 3 rings (SSSR count). The van der Waals surface area contributed by atoms with Crippen molar-refractivity contribution in [2.75, 3.05) is 39.3 Å². The average molecular weight is 325 g/mol. The Morgan fingerprint density at radius 3 is 2.26 bits per heavy atom. The second kappa shape index (κ2) is 6.62. The summed E-state index contributed by atoms with van der Waals surface area (Å²) in [5.41, 5.74) is -0.329. The first-order valence-electron chi connectivity index (χ1n) is 9.64. The molecule has 3 saturated heterocycles. The minimum absolute atomic E-state index is 0.0620. The molecule has 0 bridgehead atoms. The Balaban J connectivity index is 1.52. The van der Waals surface area contributed by atoms with Gasteiger partial charge in [0.05, 0.1) is 17.8 Å². The molecule has 3 fully saturated rings. The molecule has 0 aliphatic carbocycles. The largest absolute Gasteiger partial charge is 0.390 e. The van der Waals surface area contributed by atoms with Crippen LogP contribution in [0.2, 0.25) is 0 Å². The van der Waals surface area contributed by atoms with Crippen molar-refractivity contribution >= 4 is 0 Å². The van der Waals surface area contributed by atoms with Crippen molar-refractivity contribution in [1.82, 2.24) is 9.80 Å². The van der Waals surface area contributed by atoms with Gasteiger partial charge in [-0.15, -0.1) is 0 Å². The number of ether oxygens (including phenoxy) is 1. The highest BCUT2D eigenvalue weighted by atomic mass is 16.5. The van der Waals surface area contributed by atoms with Gasteiger partial charge in [0.15, 0.2) is 0 Å². The monoisotopic (exact) mass is 324 g/mol. The summed E-state index contributed by atoms with van der Waals surface area (Å²) in [5.74, 6) is 0. The lowest BCUT2D eigenvalue weighted by Crippen LogP contribution is -2.58. The van der Waals surface area contributed by atoms with Crippen molar-refractivity contribution in [3.63, 3.8) is 0 Å². The predicted octanol–water partition coefficient (Wildman–Crippen LogP) is 2.65. The highest BCUT2D eigenvalue weighted by molar-refractivity contribution is 4.98. The zero-order valence-corrected chi connectivity index (χ0v) is 15.4. The average Bonchev–Trinajstić information content (AvgIpc) is 2.50. The predicted molar refractivity (Wildman–Crippen MR) is 93.7 cm³/mol. The standard InChI is InChI=1S/C19H36N2O2/c1-17(2,21-10-5-4-6-11-21)16-20-12-7-19(8-13-20)15-18(3,22)9-14-23-19/h22H,4-16H2,1-3H3. The summed E-state index contributed by atoms with van der Waals surface area (Å²) in [4.78, 5) is 5.30. The van der Waals surface area contributed by atoms with Gasteiger partial charge in [-0.3, -0.25) is 4.90 Å². The highest BCUT2D eigenvalue weighted by Crippen LogP contribution is 2.39. The molecule has 4 nitrogen and oxygen atoms in total. The molecule has 0 saturated carbocycles. The van der Waals surface area contributed by atoms with Crippen LogP contribution in [0.4, 0.5) is 0 Å². The molecular formula is C19H36N2O2. The van der Waals surface area contributed by atoms with Gasteiger partial charge < -0.3 is 14.7 Å². The number of hydrogen-bond acceptors (Lipinski definition) is 4. The van der Waals surface area contributed by atoms with Crippen molar-refractivity contribution in [2.24, 2.45) is 0 Å². The van der Waals surface area contributed by atoms with E-state index in [1.807, 2.05) is 6.92 Å². The van der Waals surface area contributed by atoms with E-state index in [0.717, 1.165) is 45.3 Å². The first kappa shape index (κ1) is 17.7. The van der Waals surface area contributed by atoms with Crippen molar-refractivity contribution in [1.29, 1.82) is 0 Å². The van der Waals surface area contributed by atoms with Crippen LogP contribution in [-0.4, -0.2) is 71.0 Å². The van der Waals surface area contributed by atoms with Gasteiger partial charge in [-0.05, 0) is 66.0 Å². The Labute approximate surface area is 142 Å². The molecule has 0 aromatic heterocycles. The molecule has 1 spiro atoms. The quantitative estimate of drug-likeness (QED) is 0.866. The molecular weight excluding hydrogens is 288 g/mol. The van der Waals surface area contributed by atoms with Crippen molar-refractivity contribution in [3.8, 4) is 0 Å². The van der Waals surface area contributed by atoms with E-state index < -0.39 is 5.60 Å². The van der Waals surface area contributed by atoms with Gasteiger partial charge in [0.1, 0.15) is 0 Å². The van der Waals surface area contributed by atoms with E-state index in [0.29, 0.717) is 6.61 Å². The first-order valence-corrected chi connectivity index (χ1v) is 9.64. The number of hydrogen-bond donors (Lipinski definition) is 1. The topological polar surface area (TPSA) is 35.9 Å². The number of nitrogens with zero attached hydrogens (tertiary/aromatic N) is 2. The molecule has 3 aliphatic heterocycles. The zero-order chi connectivity index (χ0) is 16.6. The highest BCUT2D eigenvalue weighted by Gasteiger charge is 2.45. The fourth-order valence-electron chi connectivity index (χ4n) is 4.91. The fraction of sp³-hybridized carbons (Fsp3) is 1.00. The Hall–Kier alpha value is -0.160. The van der Waals surface area contributed by atoms with Crippen LogP contribution >= 0.6 is 0 Å². The lowest BCUT2D eigenvalue weighted by atomic mass is 9.77. The Bertz CT molecular complexity index is 394. The third-order valence-corrected chi connectivity index (χ3v) is 6.34. The van der Waals surface area contributed by atoms with Crippen LogP contribution in [0.25, 0.3) is 0 Å². The minimum Gasteiger partial charge on any atom is -0.390 e. The van der Waals surface area contributed by atoms with Crippen LogP contribution in [0.5, 0.6) is 0 Å². The van der Waals surface area contributed by atoms with Crippen LogP contribution in [0, 0.1) is 0 Å². The van der Waals surface area contributed by atoms with Crippen LogP contribution in [-0.2, 0) is 4.74 Å². The lowest BCUT2D eigenvalue weighted by molar-refractivity contribution is -0.174. The molecule has 134 valence electrons. The molecule has 0 amide bonds. The van der Waals surface area contributed by atoms with Gasteiger partial charge in [-0.25, -0.2) is 0 Å². The maximum atomic E-state index is 10.4. The molecule has 4 heteroatoms. The third kappa shape index (κ3) is 4.28. The summed E-state index contributed by atoms with van der Waals surface area (Å²) in [6.07, 6.45) is 7.84. The normalized spacial score (nSPS) is 33.9. The van der Waals surface area contributed by atoms with Crippen molar-refractivity contribution < 1.29 is 9.84 Å². The van der Waals surface area contributed by atoms with Gasteiger partial charge in [-0.2, -0.15) is 0 Å². The van der Waals surface area contributed by atoms with Gasteiger partial charge in [-0.1, -0.05) is 6.42 Å². The van der Waals surface area contributed by atoms with Crippen LogP contribution in [0.1, 0.15) is 65.7 Å².